The average Bonchev–Trinajstić information content (AvgIpc) is 3.37. The number of hydrogen-bond donors (Lipinski definition) is 0. The van der Waals surface area contributed by atoms with Crippen molar-refractivity contribution in [3.05, 3.63) is 162 Å². The van der Waals surface area contributed by atoms with Gasteiger partial charge in [0, 0.05) is 0 Å². The van der Waals surface area contributed by atoms with E-state index in [2.05, 4.69) is 0 Å². The molecule has 52 heavy (non-hydrogen) atoms. The molecule has 0 radical (unpaired) electrons. The number of fused-ring (bicyclic) bond motifs is 2. The fraction of sp³-hybridized carbons (Fsp3) is 0.250. The summed E-state index contributed by atoms with van der Waals surface area (Å²) in [5.74, 6) is 0. The Bertz CT molecular complexity index is 2130. The standard InChI is InChI=1S/C15H11F3O.C10H13.C9H4F6O.C6H5.Sb/c16-15(17,18)14(19,13-9-5-2-6-10-13)11-12-7-3-1-4-8-12;1-10(2,3)9-7-5-4-6-8-9;10-8(11,12)7(16,9(13,14)15)6-4-2-1-3-5-6;1-2-4-6-5-3-1;/h1-11H;5-8H,1-3H3;1-4H;1-5H;/q-1;;-1;;+1/t14-;;;;/m0..../s1. The van der Waals surface area contributed by atoms with Crippen molar-refractivity contribution >= 4 is 27.4 Å². The van der Waals surface area contributed by atoms with Crippen molar-refractivity contribution in [1.82, 2.24) is 0 Å². The van der Waals surface area contributed by atoms with Gasteiger partial charge in [-0.15, -0.1) is 0 Å². The molecular formula is C40H33F9O2Sb-. The molecule has 1 saturated heterocycles. The minimum atomic E-state index is -8.70. The Balaban J connectivity index is 1.86. The van der Waals surface area contributed by atoms with Crippen LogP contribution in [0.4, 0.5) is 39.5 Å². The van der Waals surface area contributed by atoms with Crippen LogP contribution in [0.15, 0.2) is 140 Å². The third-order valence-corrected chi connectivity index (χ3v) is 33.5. The Morgan fingerprint density at radius 2 is 0.962 bits per heavy atom. The van der Waals surface area contributed by atoms with Crippen LogP contribution < -0.4 is 10.5 Å². The van der Waals surface area contributed by atoms with Crippen LogP contribution in [0.1, 0.15) is 46.9 Å². The van der Waals surface area contributed by atoms with Crippen LogP contribution in [-0.4, -0.2) is 35.4 Å². The van der Waals surface area contributed by atoms with Gasteiger partial charge >= 0.3 is 294 Å². The van der Waals surface area contributed by atoms with Crippen molar-refractivity contribution in [3.8, 4) is 0 Å². The molecule has 0 saturated carbocycles. The second-order valence-electron chi connectivity index (χ2n) is 14.5. The zero-order chi connectivity index (χ0) is 37.7. The number of benzene rings is 5. The van der Waals surface area contributed by atoms with E-state index in [9.17, 15) is 0 Å². The third-order valence-electron chi connectivity index (χ3n) is 10.8. The molecule has 2 heterocycles. The van der Waals surface area contributed by atoms with Gasteiger partial charge in [-0.2, -0.15) is 0 Å². The quantitative estimate of drug-likeness (QED) is 0.133. The number of rotatable bonds is 4. The summed E-state index contributed by atoms with van der Waals surface area (Å²) in [6, 6.07) is 29.4. The molecule has 0 aromatic heterocycles. The van der Waals surface area contributed by atoms with E-state index in [1.165, 1.54) is 109 Å². The third kappa shape index (κ3) is 4.08. The van der Waals surface area contributed by atoms with Crippen molar-refractivity contribution in [2.45, 2.75) is 59.8 Å². The van der Waals surface area contributed by atoms with Gasteiger partial charge in [-0.05, 0) is 0 Å². The van der Waals surface area contributed by atoms with Gasteiger partial charge in [-0.1, -0.05) is 0 Å². The Morgan fingerprint density at radius 3 is 1.46 bits per heavy atom. The van der Waals surface area contributed by atoms with E-state index in [1.54, 1.807) is 0 Å². The second-order valence-corrected chi connectivity index (χ2v) is 30.2. The molecule has 2 nitrogen and oxygen atoms in total. The SMILES string of the molecule is CC(C)(C)c1cc[c]([Sb-]23([c]4ccccc4)([O]C(C(F)(F)F)(C(F)(F)F)c4cccc[c]42)[O][C@@](c2ccccc2)(C(F)(F)F)[C@@H]3c2ccccc2)cc1. The molecular weight excluding hydrogens is 805 g/mol. The van der Waals surface area contributed by atoms with Gasteiger partial charge in [0.2, 0.25) is 0 Å². The summed E-state index contributed by atoms with van der Waals surface area (Å²) < 4.78 is 154. The first-order chi connectivity index (χ1) is 24.2. The summed E-state index contributed by atoms with van der Waals surface area (Å²) in [6.45, 7) is 5.55. The molecule has 5 aromatic rings. The molecule has 0 unspecified atom stereocenters. The molecule has 7 rings (SSSR count). The predicted octanol–water partition coefficient (Wildman–Crippen LogP) is 9.52. The van der Waals surface area contributed by atoms with Crippen molar-refractivity contribution in [2.75, 3.05) is 0 Å². The van der Waals surface area contributed by atoms with E-state index in [0.717, 1.165) is 24.3 Å². The first-order valence-corrected chi connectivity index (χ1v) is 23.7. The molecule has 0 aliphatic carbocycles. The molecule has 2 aliphatic heterocycles. The van der Waals surface area contributed by atoms with Gasteiger partial charge in [-0.3, -0.25) is 0 Å². The van der Waals surface area contributed by atoms with Gasteiger partial charge in [0.15, 0.2) is 0 Å². The van der Waals surface area contributed by atoms with Crippen molar-refractivity contribution in [3.63, 3.8) is 0 Å². The Kier molecular flexibility index (Phi) is 7.66. The predicted molar refractivity (Wildman–Crippen MR) is 182 cm³/mol. The average molecular weight is 838 g/mol. The van der Waals surface area contributed by atoms with Crippen LogP contribution >= 0.6 is 0 Å². The molecule has 0 amide bonds. The van der Waals surface area contributed by atoms with Crippen LogP contribution in [0, 0.1) is 0 Å². The van der Waals surface area contributed by atoms with Crippen molar-refractivity contribution in [1.29, 1.82) is 0 Å². The van der Waals surface area contributed by atoms with Crippen LogP contribution in [-0.2, 0) is 22.6 Å². The molecule has 2 aliphatic rings. The summed E-state index contributed by atoms with van der Waals surface area (Å²) in [4.78, 5) is 0. The second kappa shape index (κ2) is 10.9. The van der Waals surface area contributed by atoms with Gasteiger partial charge in [0.1, 0.15) is 0 Å². The first-order valence-electron chi connectivity index (χ1n) is 16.4. The van der Waals surface area contributed by atoms with E-state index in [1.807, 2.05) is 20.8 Å². The zero-order valence-electron chi connectivity index (χ0n) is 28.0. The van der Waals surface area contributed by atoms with Gasteiger partial charge < -0.3 is 0 Å². The number of hydrogen-bond acceptors (Lipinski definition) is 2. The van der Waals surface area contributed by atoms with Crippen molar-refractivity contribution < 1.29 is 45.5 Å². The molecule has 12 heteroatoms. The summed E-state index contributed by atoms with van der Waals surface area (Å²) in [5.41, 5.74) is -10.6. The Hall–Kier alpha value is -3.79. The monoisotopic (exact) mass is 837 g/mol. The Labute approximate surface area is 293 Å². The topological polar surface area (TPSA) is 18.5 Å². The van der Waals surface area contributed by atoms with Gasteiger partial charge in [0.25, 0.3) is 0 Å². The summed E-state index contributed by atoms with van der Waals surface area (Å²) in [5, 5.41) is 0. The van der Waals surface area contributed by atoms with Gasteiger partial charge in [-0.25, -0.2) is 0 Å². The molecule has 1 spiro atoms. The van der Waals surface area contributed by atoms with Crippen LogP contribution in [0.5, 0.6) is 0 Å². The summed E-state index contributed by atoms with van der Waals surface area (Å²) in [7, 11) is 0. The summed E-state index contributed by atoms with van der Waals surface area (Å²) >= 11 is -8.70. The number of halogens is 9. The van der Waals surface area contributed by atoms with E-state index >= 15 is 39.5 Å². The van der Waals surface area contributed by atoms with Crippen LogP contribution in [0.25, 0.3) is 0 Å². The number of alkyl halides is 9. The fourth-order valence-electron chi connectivity index (χ4n) is 8.86. The van der Waals surface area contributed by atoms with E-state index in [-0.39, 0.29) is 12.6 Å². The maximum atomic E-state index is 16.4. The molecule has 2 atom stereocenters. The molecule has 274 valence electrons. The normalized spacial score (nSPS) is 24.4. The fourth-order valence-corrected chi connectivity index (χ4v) is 36.0. The van der Waals surface area contributed by atoms with E-state index in [0.29, 0.717) is 11.6 Å². The van der Waals surface area contributed by atoms with E-state index < -0.39 is 70.5 Å². The first kappa shape index (κ1) is 36.6. The molecule has 0 bridgehead atoms. The molecule has 5 aromatic carbocycles. The van der Waals surface area contributed by atoms with Crippen LogP contribution in [0.2, 0.25) is 0 Å². The minimum absolute atomic E-state index is 0.206. The van der Waals surface area contributed by atoms with Gasteiger partial charge in [0.05, 0.1) is 0 Å². The molecule has 1 fully saturated rings. The Morgan fingerprint density at radius 1 is 0.500 bits per heavy atom. The zero-order valence-corrected chi connectivity index (χ0v) is 30.6. The summed E-state index contributed by atoms with van der Waals surface area (Å²) in [6.07, 6.45) is -17.9. The van der Waals surface area contributed by atoms with E-state index in [4.69, 9.17) is 6.03 Å². The maximum absolute atomic E-state index is 16.4. The molecule has 0 N–H and O–H groups in total. The van der Waals surface area contributed by atoms with Crippen molar-refractivity contribution in [2.24, 2.45) is 0 Å². The van der Waals surface area contributed by atoms with Crippen LogP contribution in [0.3, 0.4) is 0 Å².